The van der Waals surface area contributed by atoms with Crippen molar-refractivity contribution in [1.29, 1.82) is 0 Å². The number of nitrogens with zero attached hydrogens (tertiary/aromatic N) is 1. The Morgan fingerprint density at radius 3 is 2.57 bits per heavy atom. The van der Waals surface area contributed by atoms with Gasteiger partial charge in [0.25, 0.3) is 0 Å². The first-order valence-electron chi connectivity index (χ1n) is 9.12. The van der Waals surface area contributed by atoms with Crippen LogP contribution in [-0.2, 0) is 17.9 Å². The molecule has 2 aromatic rings. The average Bonchev–Trinajstić information content (AvgIpc) is 2.69. The van der Waals surface area contributed by atoms with E-state index in [2.05, 4.69) is 15.6 Å². The second-order valence-corrected chi connectivity index (χ2v) is 6.23. The number of aliphatic hydroxyl groups is 1. The molecule has 2 rings (SSSR count). The second kappa shape index (κ2) is 13.5. The molecule has 0 aliphatic heterocycles. The van der Waals surface area contributed by atoms with Gasteiger partial charge in [0, 0.05) is 31.7 Å². The summed E-state index contributed by atoms with van der Waals surface area (Å²) in [5.74, 6) is 0.363. The summed E-state index contributed by atoms with van der Waals surface area (Å²) < 4.78 is 18.7. The molecule has 1 atom stereocenters. The Balaban J connectivity index is 0.00000392. The van der Waals surface area contributed by atoms with Crippen molar-refractivity contribution in [3.8, 4) is 0 Å². The highest BCUT2D eigenvalue weighted by atomic mass is 127. The molecule has 28 heavy (non-hydrogen) atoms. The van der Waals surface area contributed by atoms with Gasteiger partial charge in [0.05, 0.1) is 19.8 Å². The third-order valence-electron chi connectivity index (χ3n) is 4.18. The van der Waals surface area contributed by atoms with Crippen LogP contribution < -0.4 is 10.6 Å². The van der Waals surface area contributed by atoms with Crippen molar-refractivity contribution in [2.24, 2.45) is 4.99 Å². The monoisotopic (exact) mass is 501 g/mol. The van der Waals surface area contributed by atoms with Crippen LogP contribution in [0.3, 0.4) is 0 Å². The van der Waals surface area contributed by atoms with E-state index in [-0.39, 0.29) is 48.9 Å². The first-order chi connectivity index (χ1) is 13.2. The molecule has 0 aromatic heterocycles. The van der Waals surface area contributed by atoms with Crippen molar-refractivity contribution in [3.63, 3.8) is 0 Å². The molecule has 0 saturated carbocycles. The van der Waals surface area contributed by atoms with Gasteiger partial charge in [-0.25, -0.2) is 9.38 Å². The van der Waals surface area contributed by atoms with E-state index in [0.29, 0.717) is 24.6 Å². The number of hydrogen-bond acceptors (Lipinski definition) is 3. The maximum Gasteiger partial charge on any atom is 0.191 e. The van der Waals surface area contributed by atoms with Crippen molar-refractivity contribution in [2.75, 3.05) is 26.8 Å². The van der Waals surface area contributed by atoms with E-state index in [9.17, 15) is 9.50 Å². The van der Waals surface area contributed by atoms with Crippen molar-refractivity contribution in [2.45, 2.75) is 26.0 Å². The summed E-state index contributed by atoms with van der Waals surface area (Å²) in [4.78, 5) is 4.56. The van der Waals surface area contributed by atoms with Crippen molar-refractivity contribution >= 4 is 29.9 Å². The molecule has 0 aliphatic carbocycles. The van der Waals surface area contributed by atoms with Crippen LogP contribution in [0.2, 0.25) is 0 Å². The van der Waals surface area contributed by atoms with E-state index in [0.717, 1.165) is 17.7 Å². The fourth-order valence-electron chi connectivity index (χ4n) is 2.74. The molecule has 3 N–H and O–H groups in total. The van der Waals surface area contributed by atoms with Crippen LogP contribution in [0.15, 0.2) is 53.5 Å². The molecule has 0 radical (unpaired) electrons. The number of guanidine groups is 1. The Kier molecular flexibility index (Phi) is 11.7. The highest BCUT2D eigenvalue weighted by Gasteiger charge is 2.11. The highest BCUT2D eigenvalue weighted by molar-refractivity contribution is 14.0. The zero-order valence-electron chi connectivity index (χ0n) is 16.3. The maximum atomic E-state index is 13.7. The Labute approximate surface area is 183 Å². The summed E-state index contributed by atoms with van der Waals surface area (Å²) >= 11 is 0. The van der Waals surface area contributed by atoms with E-state index in [1.165, 1.54) is 6.07 Å². The number of hydrogen-bond donors (Lipinski definition) is 3. The van der Waals surface area contributed by atoms with Crippen molar-refractivity contribution in [1.82, 2.24) is 10.6 Å². The minimum Gasteiger partial charge on any atom is -0.396 e. The number of methoxy groups -OCH3 is 1. The van der Waals surface area contributed by atoms with Crippen LogP contribution in [0.5, 0.6) is 0 Å². The molecule has 7 heteroatoms. The van der Waals surface area contributed by atoms with Gasteiger partial charge in [0.15, 0.2) is 5.96 Å². The smallest absolute Gasteiger partial charge is 0.191 e. The third kappa shape index (κ3) is 7.73. The third-order valence-corrected chi connectivity index (χ3v) is 4.18. The predicted octanol–water partition coefficient (Wildman–Crippen LogP) is 3.42. The quantitative estimate of drug-likeness (QED) is 0.280. The lowest BCUT2D eigenvalue weighted by molar-refractivity contribution is 0.181. The maximum absolute atomic E-state index is 13.7. The van der Waals surface area contributed by atoms with Crippen LogP contribution >= 0.6 is 24.0 Å². The van der Waals surface area contributed by atoms with Gasteiger partial charge in [0.2, 0.25) is 0 Å². The van der Waals surface area contributed by atoms with Gasteiger partial charge < -0.3 is 20.5 Å². The van der Waals surface area contributed by atoms with Crippen molar-refractivity contribution < 1.29 is 14.2 Å². The van der Waals surface area contributed by atoms with E-state index in [1.807, 2.05) is 37.3 Å². The van der Waals surface area contributed by atoms with Crippen LogP contribution in [-0.4, -0.2) is 37.9 Å². The van der Waals surface area contributed by atoms with Gasteiger partial charge >= 0.3 is 0 Å². The summed E-state index contributed by atoms with van der Waals surface area (Å²) in [6.07, 6.45) is 0. The molecule has 0 aliphatic rings. The SMILES string of the molecule is CCNC(=NCc1ccc(F)c(COC)c1)NCC(CO)c1ccccc1.I. The molecule has 0 heterocycles. The van der Waals surface area contributed by atoms with Gasteiger partial charge in [-0.2, -0.15) is 0 Å². The number of halogens is 2. The topological polar surface area (TPSA) is 65.9 Å². The molecular formula is C21H29FIN3O2. The van der Waals surface area contributed by atoms with Crippen LogP contribution in [0.25, 0.3) is 0 Å². The van der Waals surface area contributed by atoms with Gasteiger partial charge in [0.1, 0.15) is 5.82 Å². The van der Waals surface area contributed by atoms with E-state index < -0.39 is 0 Å². The molecule has 0 fully saturated rings. The first-order valence-corrected chi connectivity index (χ1v) is 9.12. The number of aliphatic imine (C=N–C) groups is 1. The summed E-state index contributed by atoms with van der Waals surface area (Å²) in [6.45, 7) is 3.98. The highest BCUT2D eigenvalue weighted by Crippen LogP contribution is 2.14. The van der Waals surface area contributed by atoms with Crippen LogP contribution in [0.1, 0.15) is 29.5 Å². The normalized spacial score (nSPS) is 12.2. The lowest BCUT2D eigenvalue weighted by Gasteiger charge is -2.18. The van der Waals surface area contributed by atoms with E-state index in [1.54, 1.807) is 19.2 Å². The summed E-state index contributed by atoms with van der Waals surface area (Å²) in [6, 6.07) is 14.8. The standard InChI is InChI=1S/C21H28FN3O2.HI/c1-3-23-21(25-13-19(14-26)17-7-5-4-6-8-17)24-12-16-9-10-20(22)18(11-16)15-27-2;/h4-11,19,26H,3,12-15H2,1-2H3,(H2,23,24,25);1H. The fourth-order valence-corrected chi connectivity index (χ4v) is 2.74. The lowest BCUT2D eigenvalue weighted by atomic mass is 10.0. The number of aliphatic hydroxyl groups excluding tert-OH is 1. The Bertz CT molecular complexity index is 729. The minimum atomic E-state index is -0.275. The largest absolute Gasteiger partial charge is 0.396 e. The molecule has 2 aromatic carbocycles. The average molecular weight is 501 g/mol. The number of ether oxygens (including phenoxy) is 1. The molecular weight excluding hydrogens is 472 g/mol. The Morgan fingerprint density at radius 1 is 1.18 bits per heavy atom. The molecule has 5 nitrogen and oxygen atoms in total. The predicted molar refractivity (Wildman–Crippen MR) is 122 cm³/mol. The molecule has 0 saturated heterocycles. The van der Waals surface area contributed by atoms with Gasteiger partial charge in [-0.15, -0.1) is 24.0 Å². The first kappa shape index (κ1) is 24.3. The zero-order chi connectivity index (χ0) is 19.5. The van der Waals surface area contributed by atoms with Gasteiger partial charge in [-0.3, -0.25) is 0 Å². The Morgan fingerprint density at radius 2 is 1.93 bits per heavy atom. The van der Waals surface area contributed by atoms with Gasteiger partial charge in [-0.05, 0) is 30.2 Å². The van der Waals surface area contributed by atoms with E-state index in [4.69, 9.17) is 4.74 Å². The molecule has 0 spiro atoms. The zero-order valence-corrected chi connectivity index (χ0v) is 18.7. The number of rotatable bonds is 9. The second-order valence-electron chi connectivity index (χ2n) is 6.23. The number of nitrogens with one attached hydrogen (secondary N) is 2. The van der Waals surface area contributed by atoms with Crippen LogP contribution in [0, 0.1) is 5.82 Å². The summed E-state index contributed by atoms with van der Waals surface area (Å²) in [5, 5.41) is 16.2. The molecule has 0 amide bonds. The molecule has 0 bridgehead atoms. The summed E-state index contributed by atoms with van der Waals surface area (Å²) in [7, 11) is 1.54. The summed E-state index contributed by atoms with van der Waals surface area (Å²) in [5.41, 5.74) is 2.50. The van der Waals surface area contributed by atoms with Crippen molar-refractivity contribution in [3.05, 3.63) is 71.0 Å². The lowest BCUT2D eigenvalue weighted by Crippen LogP contribution is -2.39. The van der Waals surface area contributed by atoms with Crippen LogP contribution in [0.4, 0.5) is 4.39 Å². The van der Waals surface area contributed by atoms with Gasteiger partial charge in [-0.1, -0.05) is 36.4 Å². The molecule has 1 unspecified atom stereocenters. The number of benzene rings is 2. The minimum absolute atomic E-state index is 0. The fraction of sp³-hybridized carbons (Fsp3) is 0.381. The molecule has 154 valence electrons. The Hall–Kier alpha value is -1.71. The van der Waals surface area contributed by atoms with E-state index >= 15 is 0 Å².